The molecule has 0 spiro atoms. The van der Waals surface area contributed by atoms with Gasteiger partial charge in [0.1, 0.15) is 5.54 Å². The molecule has 0 aromatic carbocycles. The normalized spacial score (nSPS) is 25.8. The maximum absolute atomic E-state index is 11.7. The summed E-state index contributed by atoms with van der Waals surface area (Å²) in [5.41, 5.74) is 5.28. The zero-order chi connectivity index (χ0) is 10.7. The summed E-state index contributed by atoms with van der Waals surface area (Å²) in [5, 5.41) is 3.30. The molecule has 2 aliphatic heterocycles. The van der Waals surface area contributed by atoms with Crippen LogP contribution in [0.3, 0.4) is 0 Å². The second-order valence-corrected chi connectivity index (χ2v) is 4.69. The van der Waals surface area contributed by atoms with Crippen molar-refractivity contribution in [2.75, 3.05) is 26.2 Å². The van der Waals surface area contributed by atoms with Crippen molar-refractivity contribution < 1.29 is 4.79 Å². The molecule has 0 atom stereocenters. The number of amides is 1. The van der Waals surface area contributed by atoms with Crippen molar-refractivity contribution in [3.8, 4) is 0 Å². The molecule has 1 amide bonds. The van der Waals surface area contributed by atoms with E-state index in [0.29, 0.717) is 0 Å². The molecule has 0 bridgehead atoms. The van der Waals surface area contributed by atoms with Crippen LogP contribution in [-0.2, 0) is 4.79 Å². The number of piperidine rings is 2. The Balaban J connectivity index is 0.00000128. The Bertz CT molecular complexity index is 235. The molecule has 3 N–H and O–H groups in total. The average molecular weight is 248 g/mol. The van der Waals surface area contributed by atoms with Crippen molar-refractivity contribution in [1.29, 1.82) is 0 Å². The van der Waals surface area contributed by atoms with Gasteiger partial charge in [0.25, 0.3) is 0 Å². The van der Waals surface area contributed by atoms with Gasteiger partial charge in [-0.05, 0) is 51.9 Å². The van der Waals surface area contributed by atoms with Gasteiger partial charge in [0.05, 0.1) is 0 Å². The molecule has 2 heterocycles. The van der Waals surface area contributed by atoms with Gasteiger partial charge in [-0.15, -0.1) is 12.4 Å². The van der Waals surface area contributed by atoms with Crippen LogP contribution < -0.4 is 11.1 Å². The maximum Gasteiger partial charge on any atom is 0.238 e. The fourth-order valence-corrected chi connectivity index (χ4v) is 2.88. The number of primary amides is 1. The van der Waals surface area contributed by atoms with E-state index in [0.717, 1.165) is 39.0 Å². The van der Waals surface area contributed by atoms with Gasteiger partial charge < -0.3 is 11.1 Å². The first-order valence-corrected chi connectivity index (χ1v) is 6.01. The molecular formula is C11H22ClN3O. The van der Waals surface area contributed by atoms with Gasteiger partial charge in [-0.2, -0.15) is 0 Å². The van der Waals surface area contributed by atoms with E-state index in [-0.39, 0.29) is 23.9 Å². The fourth-order valence-electron chi connectivity index (χ4n) is 2.88. The highest BCUT2D eigenvalue weighted by Gasteiger charge is 2.43. The molecule has 16 heavy (non-hydrogen) atoms. The third-order valence-electron chi connectivity index (χ3n) is 3.85. The van der Waals surface area contributed by atoms with Crippen LogP contribution in [0, 0.1) is 0 Å². The van der Waals surface area contributed by atoms with Gasteiger partial charge in [-0.1, -0.05) is 6.42 Å². The number of halogens is 1. The van der Waals surface area contributed by atoms with E-state index >= 15 is 0 Å². The molecule has 0 radical (unpaired) electrons. The molecule has 4 nitrogen and oxygen atoms in total. The van der Waals surface area contributed by atoms with E-state index in [1.165, 1.54) is 19.3 Å². The van der Waals surface area contributed by atoms with E-state index in [2.05, 4.69) is 10.2 Å². The topological polar surface area (TPSA) is 58.4 Å². The van der Waals surface area contributed by atoms with Gasteiger partial charge in [0, 0.05) is 0 Å². The summed E-state index contributed by atoms with van der Waals surface area (Å²) < 4.78 is 0. The number of hydrogen-bond donors (Lipinski definition) is 2. The number of carbonyl (C=O) groups is 1. The molecule has 0 saturated carbocycles. The van der Waals surface area contributed by atoms with Gasteiger partial charge >= 0.3 is 0 Å². The molecule has 2 rings (SSSR count). The summed E-state index contributed by atoms with van der Waals surface area (Å²) in [6, 6.07) is 0. The van der Waals surface area contributed by atoms with E-state index < -0.39 is 0 Å². The number of nitrogens with zero attached hydrogens (tertiary/aromatic N) is 1. The Hall–Kier alpha value is -0.320. The highest BCUT2D eigenvalue weighted by molar-refractivity contribution is 5.85. The van der Waals surface area contributed by atoms with E-state index in [1.54, 1.807) is 0 Å². The highest BCUT2D eigenvalue weighted by atomic mass is 35.5. The first-order chi connectivity index (χ1) is 7.26. The Morgan fingerprint density at radius 1 is 1.12 bits per heavy atom. The molecule has 0 aromatic heterocycles. The Morgan fingerprint density at radius 3 is 2.19 bits per heavy atom. The molecule has 0 aliphatic carbocycles. The molecule has 2 fully saturated rings. The SMILES string of the molecule is Cl.NC(=O)C1(N2CCCCC2)CCNCC1. The minimum Gasteiger partial charge on any atom is -0.368 e. The van der Waals surface area contributed by atoms with Crippen molar-refractivity contribution >= 4 is 18.3 Å². The predicted octanol–water partition coefficient (Wildman–Crippen LogP) is 0.502. The van der Waals surface area contributed by atoms with Gasteiger partial charge in [0.2, 0.25) is 5.91 Å². The lowest BCUT2D eigenvalue weighted by Crippen LogP contribution is -2.62. The first-order valence-electron chi connectivity index (χ1n) is 6.01. The van der Waals surface area contributed by atoms with Gasteiger partial charge in [-0.25, -0.2) is 0 Å². The second-order valence-electron chi connectivity index (χ2n) is 4.69. The summed E-state index contributed by atoms with van der Waals surface area (Å²) >= 11 is 0. The summed E-state index contributed by atoms with van der Waals surface area (Å²) in [4.78, 5) is 14.1. The van der Waals surface area contributed by atoms with Crippen LogP contribution in [0.15, 0.2) is 0 Å². The minimum absolute atomic E-state index is 0. The van der Waals surface area contributed by atoms with Crippen molar-refractivity contribution in [2.24, 2.45) is 5.73 Å². The number of hydrogen-bond acceptors (Lipinski definition) is 3. The van der Waals surface area contributed by atoms with Crippen LogP contribution in [0.25, 0.3) is 0 Å². The molecule has 2 aliphatic rings. The number of nitrogens with one attached hydrogen (secondary N) is 1. The average Bonchev–Trinajstić information content (AvgIpc) is 2.31. The van der Waals surface area contributed by atoms with Crippen LogP contribution in [0.4, 0.5) is 0 Å². The molecule has 2 saturated heterocycles. The first kappa shape index (κ1) is 13.7. The predicted molar refractivity (Wildman–Crippen MR) is 66.7 cm³/mol. The summed E-state index contributed by atoms with van der Waals surface area (Å²) in [6.45, 7) is 3.92. The van der Waals surface area contributed by atoms with Gasteiger partial charge in [0.15, 0.2) is 0 Å². The summed E-state index contributed by atoms with van der Waals surface area (Å²) in [7, 11) is 0. The lowest BCUT2D eigenvalue weighted by atomic mass is 9.84. The van der Waals surface area contributed by atoms with Crippen LogP contribution in [-0.4, -0.2) is 42.5 Å². The molecule has 94 valence electrons. The third kappa shape index (κ3) is 2.50. The minimum atomic E-state index is -0.342. The zero-order valence-corrected chi connectivity index (χ0v) is 10.5. The molecule has 0 unspecified atom stereocenters. The van der Waals surface area contributed by atoms with E-state index in [1.807, 2.05) is 0 Å². The summed E-state index contributed by atoms with van der Waals surface area (Å²) in [6.07, 6.45) is 5.47. The van der Waals surface area contributed by atoms with Gasteiger partial charge in [-0.3, -0.25) is 9.69 Å². The Kier molecular flexibility index (Phi) is 5.02. The Morgan fingerprint density at radius 2 is 1.69 bits per heavy atom. The van der Waals surface area contributed by atoms with Crippen molar-refractivity contribution in [3.05, 3.63) is 0 Å². The second kappa shape index (κ2) is 5.84. The van der Waals surface area contributed by atoms with Crippen molar-refractivity contribution in [2.45, 2.75) is 37.6 Å². The highest BCUT2D eigenvalue weighted by Crippen LogP contribution is 2.28. The maximum atomic E-state index is 11.7. The van der Waals surface area contributed by atoms with Crippen LogP contribution >= 0.6 is 12.4 Å². The zero-order valence-electron chi connectivity index (χ0n) is 9.71. The number of carbonyl (C=O) groups excluding carboxylic acids is 1. The number of rotatable bonds is 2. The van der Waals surface area contributed by atoms with E-state index in [9.17, 15) is 4.79 Å². The van der Waals surface area contributed by atoms with Crippen molar-refractivity contribution in [3.63, 3.8) is 0 Å². The fraction of sp³-hybridized carbons (Fsp3) is 0.909. The number of likely N-dealkylation sites (tertiary alicyclic amines) is 1. The largest absolute Gasteiger partial charge is 0.368 e. The quantitative estimate of drug-likeness (QED) is 0.747. The standard InChI is InChI=1S/C11H21N3O.ClH/c12-10(15)11(4-6-13-7-5-11)14-8-2-1-3-9-14;/h13H,1-9H2,(H2,12,15);1H. The lowest BCUT2D eigenvalue weighted by molar-refractivity contribution is -0.133. The molecule has 0 aromatic rings. The molecule has 5 heteroatoms. The third-order valence-corrected chi connectivity index (χ3v) is 3.85. The summed E-state index contributed by atoms with van der Waals surface area (Å²) in [5.74, 6) is -0.120. The smallest absolute Gasteiger partial charge is 0.238 e. The molecular weight excluding hydrogens is 226 g/mol. The van der Waals surface area contributed by atoms with E-state index in [4.69, 9.17) is 5.73 Å². The number of nitrogens with two attached hydrogens (primary N) is 1. The monoisotopic (exact) mass is 247 g/mol. The van der Waals surface area contributed by atoms with Crippen molar-refractivity contribution in [1.82, 2.24) is 10.2 Å². The lowest BCUT2D eigenvalue weighted by Gasteiger charge is -2.45. The Labute approximate surface area is 103 Å². The van der Waals surface area contributed by atoms with Crippen LogP contribution in [0.5, 0.6) is 0 Å². The van der Waals surface area contributed by atoms with Crippen LogP contribution in [0.1, 0.15) is 32.1 Å². The van der Waals surface area contributed by atoms with Crippen LogP contribution in [0.2, 0.25) is 0 Å².